The minimum absolute atomic E-state index is 0.219. The highest BCUT2D eigenvalue weighted by Crippen LogP contribution is 2.53. The van der Waals surface area contributed by atoms with Crippen molar-refractivity contribution in [3.05, 3.63) is 0 Å². The number of aliphatic hydroxyl groups excluding tert-OH is 1. The Balaban J connectivity index is 2.34. The van der Waals surface area contributed by atoms with E-state index in [4.69, 9.17) is 10.5 Å². The van der Waals surface area contributed by atoms with Crippen molar-refractivity contribution in [1.29, 1.82) is 0 Å². The molecule has 76 valence electrons. The highest BCUT2D eigenvalue weighted by molar-refractivity contribution is 5.16. The number of fused-ring (bicyclic) bond motifs is 2. The number of aliphatic hydroxyl groups is 1. The predicted octanol–water partition coefficient (Wildman–Crippen LogP) is 0.652. The molecule has 0 radical (unpaired) electrons. The maximum atomic E-state index is 10.0. The average Bonchev–Trinajstić information content (AvgIpc) is 2.50. The molecule has 0 amide bonds. The molecule has 4 atom stereocenters. The minimum atomic E-state index is -0.494. The summed E-state index contributed by atoms with van der Waals surface area (Å²) in [6.45, 7) is 6.19. The van der Waals surface area contributed by atoms with Crippen molar-refractivity contribution in [3.63, 3.8) is 0 Å². The molecule has 2 rings (SSSR count). The van der Waals surface area contributed by atoms with Crippen LogP contribution >= 0.6 is 0 Å². The summed E-state index contributed by atoms with van der Waals surface area (Å²) in [5, 5.41) is 10.0. The second-order valence-corrected chi connectivity index (χ2v) is 5.00. The standard InChI is InChI=1S/C10H19NO2/c1-6(2)10-5-4-9(3,13-10)7(11)8(10)12/h6-8,12H,4-5,11H2,1-3H3. The zero-order chi connectivity index (χ0) is 9.85. The van der Waals surface area contributed by atoms with Crippen LogP contribution in [0.15, 0.2) is 0 Å². The van der Waals surface area contributed by atoms with Crippen LogP contribution in [0.3, 0.4) is 0 Å². The van der Waals surface area contributed by atoms with Crippen molar-refractivity contribution in [2.75, 3.05) is 0 Å². The van der Waals surface area contributed by atoms with Gasteiger partial charge in [0.2, 0.25) is 0 Å². The SMILES string of the molecule is CC(C)C12CCC(C)(O1)C(N)C2O. The lowest BCUT2D eigenvalue weighted by molar-refractivity contribution is -0.0973. The van der Waals surface area contributed by atoms with Crippen LogP contribution in [0.25, 0.3) is 0 Å². The highest BCUT2D eigenvalue weighted by atomic mass is 16.6. The smallest absolute Gasteiger partial charge is 0.101 e. The maximum Gasteiger partial charge on any atom is 0.101 e. The van der Waals surface area contributed by atoms with Gasteiger partial charge in [-0.05, 0) is 25.7 Å². The van der Waals surface area contributed by atoms with Crippen LogP contribution < -0.4 is 5.73 Å². The average molecular weight is 185 g/mol. The zero-order valence-electron chi connectivity index (χ0n) is 8.58. The third kappa shape index (κ3) is 0.953. The Labute approximate surface area is 79.3 Å². The Morgan fingerprint density at radius 2 is 2.08 bits per heavy atom. The van der Waals surface area contributed by atoms with E-state index in [1.807, 2.05) is 6.92 Å². The zero-order valence-corrected chi connectivity index (χ0v) is 8.58. The van der Waals surface area contributed by atoms with Gasteiger partial charge in [-0.3, -0.25) is 0 Å². The van der Waals surface area contributed by atoms with E-state index in [1.165, 1.54) is 0 Å². The molecule has 2 aliphatic rings. The third-order valence-electron chi connectivity index (χ3n) is 3.96. The summed E-state index contributed by atoms with van der Waals surface area (Å²) in [5.41, 5.74) is 5.29. The summed E-state index contributed by atoms with van der Waals surface area (Å²) in [4.78, 5) is 0. The third-order valence-corrected chi connectivity index (χ3v) is 3.96. The first-order valence-corrected chi connectivity index (χ1v) is 5.06. The Bertz CT molecular complexity index is 231. The molecule has 2 fully saturated rings. The molecular weight excluding hydrogens is 166 g/mol. The molecular formula is C10H19NO2. The van der Waals surface area contributed by atoms with Gasteiger partial charge in [0, 0.05) is 0 Å². The largest absolute Gasteiger partial charge is 0.388 e. The molecule has 4 unspecified atom stereocenters. The van der Waals surface area contributed by atoms with Gasteiger partial charge in [0.1, 0.15) is 6.10 Å². The fraction of sp³-hybridized carbons (Fsp3) is 1.00. The molecule has 0 saturated carbocycles. The van der Waals surface area contributed by atoms with Crippen LogP contribution in [-0.2, 0) is 4.74 Å². The van der Waals surface area contributed by atoms with Gasteiger partial charge in [-0.1, -0.05) is 13.8 Å². The highest BCUT2D eigenvalue weighted by Gasteiger charge is 2.64. The van der Waals surface area contributed by atoms with E-state index in [9.17, 15) is 5.11 Å². The first-order chi connectivity index (χ1) is 5.92. The van der Waals surface area contributed by atoms with Crippen LogP contribution in [0, 0.1) is 5.92 Å². The number of ether oxygens (including phenoxy) is 1. The number of hydrogen-bond donors (Lipinski definition) is 2. The number of rotatable bonds is 1. The molecule has 2 saturated heterocycles. The molecule has 0 aliphatic carbocycles. The molecule has 2 heterocycles. The lowest BCUT2D eigenvalue weighted by atomic mass is 9.73. The maximum absolute atomic E-state index is 10.0. The normalized spacial score (nSPS) is 54.9. The van der Waals surface area contributed by atoms with Crippen LogP contribution in [-0.4, -0.2) is 28.5 Å². The molecule has 2 aliphatic heterocycles. The van der Waals surface area contributed by atoms with Crippen molar-refractivity contribution in [2.24, 2.45) is 11.7 Å². The minimum Gasteiger partial charge on any atom is -0.388 e. The Kier molecular flexibility index (Phi) is 1.79. The summed E-state index contributed by atoms with van der Waals surface area (Å²) in [5.74, 6) is 0.331. The molecule has 0 aromatic carbocycles. The first-order valence-electron chi connectivity index (χ1n) is 5.06. The van der Waals surface area contributed by atoms with Crippen molar-refractivity contribution >= 4 is 0 Å². The molecule has 2 bridgehead atoms. The lowest BCUT2D eigenvalue weighted by Gasteiger charge is -2.35. The Hall–Kier alpha value is -0.120. The van der Waals surface area contributed by atoms with Crippen molar-refractivity contribution in [3.8, 4) is 0 Å². The summed E-state index contributed by atoms with van der Waals surface area (Å²) in [7, 11) is 0. The monoisotopic (exact) mass is 185 g/mol. The second-order valence-electron chi connectivity index (χ2n) is 5.00. The van der Waals surface area contributed by atoms with E-state index >= 15 is 0 Å². The van der Waals surface area contributed by atoms with Crippen molar-refractivity contribution < 1.29 is 9.84 Å². The summed E-state index contributed by atoms with van der Waals surface area (Å²) < 4.78 is 5.96. The van der Waals surface area contributed by atoms with Gasteiger partial charge in [-0.2, -0.15) is 0 Å². The Morgan fingerprint density at radius 3 is 2.38 bits per heavy atom. The fourth-order valence-electron chi connectivity index (χ4n) is 2.81. The van der Waals surface area contributed by atoms with E-state index in [-0.39, 0.29) is 17.2 Å². The molecule has 3 nitrogen and oxygen atoms in total. The molecule has 0 aromatic heterocycles. The molecule has 3 heteroatoms. The quantitative estimate of drug-likeness (QED) is 0.630. The van der Waals surface area contributed by atoms with Gasteiger partial charge in [0.05, 0.1) is 17.2 Å². The predicted molar refractivity (Wildman–Crippen MR) is 50.3 cm³/mol. The van der Waals surface area contributed by atoms with Gasteiger partial charge >= 0.3 is 0 Å². The fourth-order valence-corrected chi connectivity index (χ4v) is 2.81. The summed E-state index contributed by atoms with van der Waals surface area (Å²) in [6.07, 6.45) is 1.42. The van der Waals surface area contributed by atoms with E-state index in [1.54, 1.807) is 0 Å². The Morgan fingerprint density at radius 1 is 1.46 bits per heavy atom. The second kappa shape index (κ2) is 2.47. The first kappa shape index (κ1) is 9.44. The van der Waals surface area contributed by atoms with Gasteiger partial charge in [0.25, 0.3) is 0 Å². The topological polar surface area (TPSA) is 55.5 Å². The van der Waals surface area contributed by atoms with E-state index < -0.39 is 6.10 Å². The van der Waals surface area contributed by atoms with Gasteiger partial charge in [-0.15, -0.1) is 0 Å². The van der Waals surface area contributed by atoms with Gasteiger partial charge in [0.15, 0.2) is 0 Å². The van der Waals surface area contributed by atoms with E-state index in [0.717, 1.165) is 12.8 Å². The van der Waals surface area contributed by atoms with Crippen LogP contribution in [0.2, 0.25) is 0 Å². The number of nitrogens with two attached hydrogens (primary N) is 1. The van der Waals surface area contributed by atoms with Gasteiger partial charge in [-0.25, -0.2) is 0 Å². The molecule has 0 aromatic rings. The van der Waals surface area contributed by atoms with Crippen LogP contribution in [0.1, 0.15) is 33.6 Å². The van der Waals surface area contributed by atoms with Crippen molar-refractivity contribution in [1.82, 2.24) is 0 Å². The molecule has 13 heavy (non-hydrogen) atoms. The lowest BCUT2D eigenvalue weighted by Crippen LogP contribution is -2.54. The van der Waals surface area contributed by atoms with Gasteiger partial charge < -0.3 is 15.6 Å². The molecule has 3 N–H and O–H groups in total. The van der Waals surface area contributed by atoms with Crippen molar-refractivity contribution in [2.45, 2.75) is 57.0 Å². The van der Waals surface area contributed by atoms with Crippen LogP contribution in [0.5, 0.6) is 0 Å². The molecule has 0 spiro atoms. The van der Waals surface area contributed by atoms with E-state index in [0.29, 0.717) is 5.92 Å². The number of hydrogen-bond acceptors (Lipinski definition) is 3. The summed E-state index contributed by atoms with van der Waals surface area (Å²) >= 11 is 0. The van der Waals surface area contributed by atoms with Crippen LogP contribution in [0.4, 0.5) is 0 Å². The summed E-state index contributed by atoms with van der Waals surface area (Å²) in [6, 6.07) is -0.219. The van der Waals surface area contributed by atoms with E-state index in [2.05, 4.69) is 13.8 Å².